The predicted octanol–water partition coefficient (Wildman–Crippen LogP) is 2.32. The summed E-state index contributed by atoms with van der Waals surface area (Å²) >= 11 is 0. The maximum atomic E-state index is 2.37. The third-order valence-corrected chi connectivity index (χ3v) is 2.87. The predicted molar refractivity (Wildman–Crippen MR) is 64.9 cm³/mol. The molecule has 0 saturated carbocycles. The summed E-state index contributed by atoms with van der Waals surface area (Å²) in [4.78, 5) is 2.29. The van der Waals surface area contributed by atoms with Gasteiger partial charge >= 0.3 is 0 Å². The van der Waals surface area contributed by atoms with Gasteiger partial charge in [0.25, 0.3) is 0 Å². The molecule has 2 rings (SSSR count). The van der Waals surface area contributed by atoms with Gasteiger partial charge in [-0.25, -0.2) is 4.58 Å². The van der Waals surface area contributed by atoms with Gasteiger partial charge in [0.1, 0.15) is 0 Å². The van der Waals surface area contributed by atoms with Crippen LogP contribution in [0.3, 0.4) is 0 Å². The number of benzene rings is 1. The number of fused-ring (bicyclic) bond motifs is 1. The van der Waals surface area contributed by atoms with Gasteiger partial charge in [0, 0.05) is 7.05 Å². The van der Waals surface area contributed by atoms with Crippen molar-refractivity contribution in [1.82, 2.24) is 0 Å². The first kappa shape index (κ1) is 10.2. The second-order valence-corrected chi connectivity index (χ2v) is 5.17. The van der Waals surface area contributed by atoms with Gasteiger partial charge in [-0.15, -0.1) is 0 Å². The zero-order valence-corrected chi connectivity index (χ0v) is 9.99. The first-order valence-corrected chi connectivity index (χ1v) is 5.40. The van der Waals surface area contributed by atoms with Crippen molar-refractivity contribution < 1.29 is 4.58 Å². The summed E-state index contributed by atoms with van der Waals surface area (Å²) < 4.78 is 2.37. The molecule has 1 aromatic rings. The minimum absolute atomic E-state index is 0.182. The lowest BCUT2D eigenvalue weighted by molar-refractivity contribution is -0.592. The number of nitrogens with zero attached hydrogens (tertiary/aromatic N) is 2. The van der Waals surface area contributed by atoms with Gasteiger partial charge in [-0.3, -0.25) is 0 Å². The van der Waals surface area contributed by atoms with Crippen molar-refractivity contribution in [3.63, 3.8) is 0 Å². The fraction of sp³-hybridized carbons (Fsp3) is 0.462. The Morgan fingerprint density at radius 3 is 2.53 bits per heavy atom. The topological polar surface area (TPSA) is 6.25 Å². The molecule has 2 nitrogen and oxygen atoms in total. The van der Waals surface area contributed by atoms with Crippen molar-refractivity contribution in [3.05, 3.63) is 29.8 Å². The molecule has 2 heteroatoms. The van der Waals surface area contributed by atoms with Gasteiger partial charge in [0.15, 0.2) is 11.8 Å². The average Bonchev–Trinajstić information content (AvgIpc) is 2.16. The van der Waals surface area contributed by atoms with Crippen LogP contribution in [-0.4, -0.2) is 30.0 Å². The first-order valence-electron chi connectivity index (χ1n) is 5.40. The van der Waals surface area contributed by atoms with Crippen LogP contribution in [0.15, 0.2) is 24.3 Å². The molecule has 80 valence electrons. The third kappa shape index (κ3) is 1.89. The molecule has 0 fully saturated rings. The molecule has 0 spiro atoms. The standard InChI is InChI=1S/C13H19N2/c1-13(2,3)15-9-11-7-5-6-8-12(11)14(4)10-15/h5-9H,10H2,1-4H3/q+1. The summed E-state index contributed by atoms with van der Waals surface area (Å²) in [6.45, 7) is 7.68. The van der Waals surface area contributed by atoms with Crippen LogP contribution in [0, 0.1) is 0 Å². The highest BCUT2D eigenvalue weighted by Gasteiger charge is 2.29. The smallest absolute Gasteiger partial charge is 0.218 e. The lowest BCUT2D eigenvalue weighted by Gasteiger charge is -2.28. The van der Waals surface area contributed by atoms with Gasteiger partial charge in [0.05, 0.1) is 11.3 Å². The lowest BCUT2D eigenvalue weighted by Crippen LogP contribution is -2.43. The number of rotatable bonds is 0. The van der Waals surface area contributed by atoms with Crippen molar-refractivity contribution >= 4 is 11.9 Å². The summed E-state index contributed by atoms with van der Waals surface area (Å²) in [6.07, 6.45) is 2.26. The molecule has 1 aliphatic rings. The van der Waals surface area contributed by atoms with Gasteiger partial charge in [0.2, 0.25) is 6.67 Å². The monoisotopic (exact) mass is 203 g/mol. The molecule has 1 aromatic carbocycles. The minimum atomic E-state index is 0.182. The van der Waals surface area contributed by atoms with Gasteiger partial charge < -0.3 is 4.90 Å². The molecular weight excluding hydrogens is 184 g/mol. The van der Waals surface area contributed by atoms with Crippen LogP contribution < -0.4 is 4.90 Å². The number of para-hydroxylation sites is 1. The minimum Gasteiger partial charge on any atom is -0.319 e. The highest BCUT2D eigenvalue weighted by Crippen LogP contribution is 2.22. The first-order chi connectivity index (χ1) is 6.98. The lowest BCUT2D eigenvalue weighted by atomic mass is 10.1. The van der Waals surface area contributed by atoms with Gasteiger partial charge in [-0.1, -0.05) is 12.1 Å². The number of hydrogen-bond acceptors (Lipinski definition) is 1. The number of hydrogen-bond donors (Lipinski definition) is 0. The molecular formula is C13H19N2+. The summed E-state index contributed by atoms with van der Waals surface area (Å²) in [5, 5.41) is 0. The molecule has 1 aliphatic heterocycles. The Bertz CT molecular complexity index is 399. The second kappa shape index (κ2) is 3.37. The maximum absolute atomic E-state index is 2.37. The van der Waals surface area contributed by atoms with E-state index in [9.17, 15) is 0 Å². The summed E-state index contributed by atoms with van der Waals surface area (Å²) in [7, 11) is 2.14. The Morgan fingerprint density at radius 1 is 1.20 bits per heavy atom. The number of anilines is 1. The molecule has 0 N–H and O–H groups in total. The van der Waals surface area contributed by atoms with Crippen LogP contribution in [0.1, 0.15) is 26.3 Å². The Kier molecular flexibility index (Phi) is 2.29. The molecule has 0 atom stereocenters. The Labute approximate surface area is 91.8 Å². The van der Waals surface area contributed by atoms with E-state index in [0.29, 0.717) is 0 Å². The Balaban J connectivity index is 2.48. The fourth-order valence-corrected chi connectivity index (χ4v) is 1.86. The zero-order chi connectivity index (χ0) is 11.1. The van der Waals surface area contributed by atoms with E-state index in [1.165, 1.54) is 11.3 Å². The summed E-state index contributed by atoms with van der Waals surface area (Å²) in [6, 6.07) is 8.53. The molecule has 1 heterocycles. The summed E-state index contributed by atoms with van der Waals surface area (Å²) in [5.74, 6) is 0. The van der Waals surface area contributed by atoms with Crippen LogP contribution in [0.2, 0.25) is 0 Å². The molecule has 0 aliphatic carbocycles. The largest absolute Gasteiger partial charge is 0.319 e. The van der Waals surface area contributed by atoms with E-state index in [1.807, 2.05) is 0 Å². The Morgan fingerprint density at radius 2 is 1.87 bits per heavy atom. The van der Waals surface area contributed by atoms with E-state index in [-0.39, 0.29) is 5.54 Å². The third-order valence-electron chi connectivity index (χ3n) is 2.87. The highest BCUT2D eigenvalue weighted by molar-refractivity contribution is 5.86. The zero-order valence-electron chi connectivity index (χ0n) is 9.99. The van der Waals surface area contributed by atoms with Gasteiger partial charge in [-0.2, -0.15) is 0 Å². The maximum Gasteiger partial charge on any atom is 0.218 e. The van der Waals surface area contributed by atoms with Crippen molar-refractivity contribution in [2.24, 2.45) is 0 Å². The van der Waals surface area contributed by atoms with E-state index in [1.54, 1.807) is 0 Å². The van der Waals surface area contributed by atoms with Crippen molar-refractivity contribution in [2.45, 2.75) is 26.3 Å². The van der Waals surface area contributed by atoms with E-state index in [0.717, 1.165) is 6.67 Å². The van der Waals surface area contributed by atoms with E-state index >= 15 is 0 Å². The van der Waals surface area contributed by atoms with E-state index in [4.69, 9.17) is 0 Å². The van der Waals surface area contributed by atoms with Crippen LogP contribution in [0.5, 0.6) is 0 Å². The van der Waals surface area contributed by atoms with Crippen LogP contribution in [-0.2, 0) is 0 Å². The fourth-order valence-electron chi connectivity index (χ4n) is 1.86. The van der Waals surface area contributed by atoms with Crippen LogP contribution >= 0.6 is 0 Å². The van der Waals surface area contributed by atoms with E-state index in [2.05, 4.69) is 67.8 Å². The SMILES string of the molecule is CN1C[N+](C(C)(C)C)=Cc2ccccc21. The molecule has 0 aromatic heterocycles. The molecule has 15 heavy (non-hydrogen) atoms. The second-order valence-electron chi connectivity index (χ2n) is 5.17. The van der Waals surface area contributed by atoms with Crippen LogP contribution in [0.25, 0.3) is 0 Å². The van der Waals surface area contributed by atoms with Gasteiger partial charge in [-0.05, 0) is 32.9 Å². The normalized spacial score (nSPS) is 16.0. The van der Waals surface area contributed by atoms with Crippen molar-refractivity contribution in [1.29, 1.82) is 0 Å². The summed E-state index contributed by atoms with van der Waals surface area (Å²) in [5.41, 5.74) is 2.81. The molecule has 0 saturated heterocycles. The molecule has 0 unspecified atom stereocenters. The molecule has 0 radical (unpaired) electrons. The Hall–Kier alpha value is -1.31. The van der Waals surface area contributed by atoms with Crippen molar-refractivity contribution in [3.8, 4) is 0 Å². The molecule has 0 amide bonds. The van der Waals surface area contributed by atoms with Crippen LogP contribution in [0.4, 0.5) is 5.69 Å². The highest BCUT2D eigenvalue weighted by atomic mass is 15.3. The average molecular weight is 203 g/mol. The van der Waals surface area contributed by atoms with Crippen molar-refractivity contribution in [2.75, 3.05) is 18.6 Å². The quantitative estimate of drug-likeness (QED) is 0.586. The van der Waals surface area contributed by atoms with E-state index < -0.39 is 0 Å². The molecule has 0 bridgehead atoms.